The molecule has 2 N–H and O–H groups in total. The van der Waals surface area contributed by atoms with Gasteiger partial charge < -0.3 is 15.5 Å². The van der Waals surface area contributed by atoms with Gasteiger partial charge in [0.15, 0.2) is 0 Å². The Morgan fingerprint density at radius 2 is 1.82 bits per heavy atom. The SMILES string of the molecule is O=C(NCC(=O)N1CCCC1)C1CCNCC1. The van der Waals surface area contributed by atoms with Crippen LogP contribution in [-0.2, 0) is 9.59 Å². The number of nitrogens with zero attached hydrogens (tertiary/aromatic N) is 1. The second-order valence-corrected chi connectivity index (χ2v) is 4.83. The fraction of sp³-hybridized carbons (Fsp3) is 0.833. The Hall–Kier alpha value is -1.10. The monoisotopic (exact) mass is 239 g/mol. The molecule has 0 atom stereocenters. The minimum Gasteiger partial charge on any atom is -0.347 e. The molecular weight excluding hydrogens is 218 g/mol. The standard InChI is InChI=1S/C12H21N3O2/c16-11(15-7-1-2-8-15)9-14-12(17)10-3-5-13-6-4-10/h10,13H,1-9H2,(H,14,17). The molecule has 2 aliphatic rings. The van der Waals surface area contributed by atoms with Crippen molar-refractivity contribution in [3.8, 4) is 0 Å². The lowest BCUT2D eigenvalue weighted by Crippen LogP contribution is -2.43. The van der Waals surface area contributed by atoms with Gasteiger partial charge in [-0.1, -0.05) is 0 Å². The van der Waals surface area contributed by atoms with E-state index in [0.717, 1.165) is 51.9 Å². The predicted octanol–water partition coefficient (Wildman–Crippen LogP) is -0.275. The number of nitrogens with one attached hydrogen (secondary N) is 2. The first kappa shape index (κ1) is 12.4. The van der Waals surface area contributed by atoms with Gasteiger partial charge in [-0.05, 0) is 38.8 Å². The van der Waals surface area contributed by atoms with E-state index in [1.807, 2.05) is 4.90 Å². The molecule has 0 saturated carbocycles. The van der Waals surface area contributed by atoms with Crippen molar-refractivity contribution >= 4 is 11.8 Å². The van der Waals surface area contributed by atoms with Crippen molar-refractivity contribution in [2.24, 2.45) is 5.92 Å². The summed E-state index contributed by atoms with van der Waals surface area (Å²) in [6.45, 7) is 3.67. The van der Waals surface area contributed by atoms with E-state index < -0.39 is 0 Å². The number of hydrogen-bond acceptors (Lipinski definition) is 3. The number of carbonyl (C=O) groups excluding carboxylic acids is 2. The molecule has 5 nitrogen and oxygen atoms in total. The van der Waals surface area contributed by atoms with E-state index >= 15 is 0 Å². The Morgan fingerprint density at radius 3 is 2.47 bits per heavy atom. The van der Waals surface area contributed by atoms with Crippen LogP contribution in [0.4, 0.5) is 0 Å². The van der Waals surface area contributed by atoms with E-state index in [-0.39, 0.29) is 24.3 Å². The molecule has 0 bridgehead atoms. The van der Waals surface area contributed by atoms with Crippen LogP contribution in [0.25, 0.3) is 0 Å². The molecule has 2 rings (SSSR count). The van der Waals surface area contributed by atoms with Gasteiger partial charge in [0.25, 0.3) is 0 Å². The molecule has 0 spiro atoms. The van der Waals surface area contributed by atoms with Crippen molar-refractivity contribution in [3.63, 3.8) is 0 Å². The molecule has 0 aromatic carbocycles. The number of rotatable bonds is 3. The molecule has 2 saturated heterocycles. The molecule has 2 amide bonds. The van der Waals surface area contributed by atoms with E-state index in [9.17, 15) is 9.59 Å². The zero-order valence-corrected chi connectivity index (χ0v) is 10.2. The van der Waals surface area contributed by atoms with Crippen LogP contribution in [0.5, 0.6) is 0 Å². The number of likely N-dealkylation sites (tertiary alicyclic amines) is 1. The molecule has 0 aromatic heterocycles. The van der Waals surface area contributed by atoms with Gasteiger partial charge in [0.1, 0.15) is 0 Å². The highest BCUT2D eigenvalue weighted by atomic mass is 16.2. The summed E-state index contributed by atoms with van der Waals surface area (Å²) in [6.07, 6.45) is 3.94. The fourth-order valence-electron chi connectivity index (χ4n) is 2.47. The number of hydrogen-bond donors (Lipinski definition) is 2. The van der Waals surface area contributed by atoms with Crippen molar-refractivity contribution in [1.29, 1.82) is 0 Å². The summed E-state index contributed by atoms with van der Waals surface area (Å²) in [7, 11) is 0. The van der Waals surface area contributed by atoms with E-state index in [0.29, 0.717) is 0 Å². The van der Waals surface area contributed by atoms with Crippen LogP contribution in [0.3, 0.4) is 0 Å². The van der Waals surface area contributed by atoms with Gasteiger partial charge in [0.2, 0.25) is 11.8 Å². The highest BCUT2D eigenvalue weighted by molar-refractivity contribution is 5.86. The maximum absolute atomic E-state index is 11.8. The van der Waals surface area contributed by atoms with Gasteiger partial charge in [-0.2, -0.15) is 0 Å². The summed E-state index contributed by atoms with van der Waals surface area (Å²) >= 11 is 0. The Balaban J connectivity index is 1.69. The first-order valence-corrected chi connectivity index (χ1v) is 6.53. The van der Waals surface area contributed by atoms with Crippen molar-refractivity contribution in [1.82, 2.24) is 15.5 Å². The lowest BCUT2D eigenvalue weighted by Gasteiger charge is -2.22. The van der Waals surface area contributed by atoms with Gasteiger partial charge in [-0.3, -0.25) is 9.59 Å². The highest BCUT2D eigenvalue weighted by Crippen LogP contribution is 2.11. The topological polar surface area (TPSA) is 61.4 Å². The molecule has 2 heterocycles. The largest absolute Gasteiger partial charge is 0.347 e. The summed E-state index contributed by atoms with van der Waals surface area (Å²) in [6, 6.07) is 0. The number of piperidine rings is 1. The van der Waals surface area contributed by atoms with Crippen molar-refractivity contribution in [2.75, 3.05) is 32.7 Å². The van der Waals surface area contributed by atoms with E-state index in [1.165, 1.54) is 0 Å². The Kier molecular flexibility index (Phi) is 4.36. The molecule has 96 valence electrons. The lowest BCUT2D eigenvalue weighted by molar-refractivity contribution is -0.133. The maximum atomic E-state index is 11.8. The van der Waals surface area contributed by atoms with Crippen LogP contribution in [0.1, 0.15) is 25.7 Å². The van der Waals surface area contributed by atoms with Crippen LogP contribution < -0.4 is 10.6 Å². The second kappa shape index (κ2) is 6.00. The Labute approximate surface area is 102 Å². The van der Waals surface area contributed by atoms with Gasteiger partial charge in [0.05, 0.1) is 6.54 Å². The zero-order chi connectivity index (χ0) is 12.1. The van der Waals surface area contributed by atoms with Crippen LogP contribution >= 0.6 is 0 Å². The van der Waals surface area contributed by atoms with Crippen molar-refractivity contribution in [2.45, 2.75) is 25.7 Å². The number of carbonyl (C=O) groups is 2. The van der Waals surface area contributed by atoms with Gasteiger partial charge in [-0.25, -0.2) is 0 Å². The third-order valence-corrected chi connectivity index (χ3v) is 3.58. The summed E-state index contributed by atoms with van der Waals surface area (Å²) in [5, 5.41) is 6.00. The predicted molar refractivity (Wildman–Crippen MR) is 64.4 cm³/mol. The van der Waals surface area contributed by atoms with E-state index in [1.54, 1.807) is 0 Å². The highest BCUT2D eigenvalue weighted by Gasteiger charge is 2.23. The van der Waals surface area contributed by atoms with Crippen LogP contribution in [0.15, 0.2) is 0 Å². The molecule has 2 aliphatic heterocycles. The van der Waals surface area contributed by atoms with Crippen LogP contribution in [-0.4, -0.2) is 49.4 Å². The third kappa shape index (κ3) is 3.43. The van der Waals surface area contributed by atoms with Gasteiger partial charge >= 0.3 is 0 Å². The minimum absolute atomic E-state index is 0.0408. The average Bonchev–Trinajstić information content (AvgIpc) is 2.90. The van der Waals surface area contributed by atoms with Crippen LogP contribution in [0.2, 0.25) is 0 Å². The van der Waals surface area contributed by atoms with Gasteiger partial charge in [-0.15, -0.1) is 0 Å². The molecule has 17 heavy (non-hydrogen) atoms. The first-order chi connectivity index (χ1) is 8.27. The van der Waals surface area contributed by atoms with Crippen molar-refractivity contribution < 1.29 is 9.59 Å². The molecule has 0 unspecified atom stereocenters. The fourth-order valence-corrected chi connectivity index (χ4v) is 2.47. The summed E-state index contributed by atoms with van der Waals surface area (Å²) < 4.78 is 0. The second-order valence-electron chi connectivity index (χ2n) is 4.83. The number of amides is 2. The van der Waals surface area contributed by atoms with E-state index in [4.69, 9.17) is 0 Å². The molecule has 5 heteroatoms. The normalized spacial score (nSPS) is 21.5. The summed E-state index contributed by atoms with van der Waals surface area (Å²) in [5.74, 6) is 0.187. The molecule has 0 aromatic rings. The van der Waals surface area contributed by atoms with Crippen molar-refractivity contribution in [3.05, 3.63) is 0 Å². The first-order valence-electron chi connectivity index (χ1n) is 6.53. The third-order valence-electron chi connectivity index (χ3n) is 3.58. The van der Waals surface area contributed by atoms with Gasteiger partial charge in [0, 0.05) is 19.0 Å². The summed E-state index contributed by atoms with van der Waals surface area (Å²) in [5.41, 5.74) is 0. The smallest absolute Gasteiger partial charge is 0.241 e. The Morgan fingerprint density at radius 1 is 1.18 bits per heavy atom. The zero-order valence-electron chi connectivity index (χ0n) is 10.2. The summed E-state index contributed by atoms with van der Waals surface area (Å²) in [4.78, 5) is 25.4. The molecule has 2 fully saturated rings. The Bertz CT molecular complexity index is 281. The average molecular weight is 239 g/mol. The molecular formula is C12H21N3O2. The quantitative estimate of drug-likeness (QED) is 0.712. The molecule has 0 radical (unpaired) electrons. The molecule has 0 aliphatic carbocycles. The van der Waals surface area contributed by atoms with E-state index in [2.05, 4.69) is 10.6 Å². The maximum Gasteiger partial charge on any atom is 0.241 e. The minimum atomic E-state index is 0.0408. The lowest BCUT2D eigenvalue weighted by atomic mass is 9.97. The van der Waals surface area contributed by atoms with Crippen LogP contribution in [0, 0.1) is 5.92 Å².